The Morgan fingerprint density at radius 3 is 2.53 bits per heavy atom. The second kappa shape index (κ2) is 13.2. The maximum Gasteiger partial charge on any atom is 0.317 e. The molecule has 0 radical (unpaired) electrons. The van der Waals surface area contributed by atoms with Crippen LogP contribution in [-0.4, -0.2) is 91.5 Å². The molecule has 9 heteroatoms. The summed E-state index contributed by atoms with van der Waals surface area (Å²) in [6, 6.07) is 15.9. The van der Waals surface area contributed by atoms with Gasteiger partial charge in [0.1, 0.15) is 12.4 Å². The summed E-state index contributed by atoms with van der Waals surface area (Å²) in [6.07, 6.45) is 0.468. The highest BCUT2D eigenvalue weighted by molar-refractivity contribution is 5.94. The van der Waals surface area contributed by atoms with Crippen LogP contribution in [0.2, 0.25) is 0 Å². The normalized spacial score (nSPS) is 20.9. The van der Waals surface area contributed by atoms with E-state index in [9.17, 15) is 14.7 Å². The third kappa shape index (κ3) is 7.68. The molecule has 194 valence electrons. The number of ether oxygens (including phenoxy) is 2. The Balaban J connectivity index is 1.26. The van der Waals surface area contributed by atoms with Crippen molar-refractivity contribution in [2.24, 2.45) is 0 Å². The second-order valence-electron chi connectivity index (χ2n) is 9.21. The minimum absolute atomic E-state index is 0.203. The van der Waals surface area contributed by atoms with Crippen LogP contribution in [0.4, 0.5) is 4.79 Å². The number of morpholine rings is 1. The van der Waals surface area contributed by atoms with Gasteiger partial charge in [0.2, 0.25) is 0 Å². The van der Waals surface area contributed by atoms with Crippen LogP contribution in [0.1, 0.15) is 28.8 Å². The minimum atomic E-state index is -0.719. The van der Waals surface area contributed by atoms with Gasteiger partial charge in [-0.2, -0.15) is 0 Å². The number of aliphatic hydroxyl groups is 1. The van der Waals surface area contributed by atoms with Gasteiger partial charge in [-0.3, -0.25) is 9.69 Å². The van der Waals surface area contributed by atoms with Crippen LogP contribution in [0.3, 0.4) is 0 Å². The lowest BCUT2D eigenvalue weighted by Gasteiger charge is -2.27. The van der Waals surface area contributed by atoms with Gasteiger partial charge in [0, 0.05) is 44.8 Å². The van der Waals surface area contributed by atoms with Crippen molar-refractivity contribution in [3.63, 3.8) is 0 Å². The fraction of sp³-hybridized carbons (Fsp3) is 0.481. The molecule has 2 aromatic carbocycles. The average molecular weight is 497 g/mol. The minimum Gasteiger partial charge on any atom is -0.492 e. The molecule has 2 aromatic rings. The first-order valence-corrected chi connectivity index (χ1v) is 12.7. The lowest BCUT2D eigenvalue weighted by atomic mass is 10.1. The molecule has 0 unspecified atom stereocenters. The van der Waals surface area contributed by atoms with Crippen LogP contribution in [0, 0.1) is 0 Å². The summed E-state index contributed by atoms with van der Waals surface area (Å²) in [5.74, 6) is 0.418. The predicted octanol–water partition coefficient (Wildman–Crippen LogP) is 1.86. The fourth-order valence-electron chi connectivity index (χ4n) is 4.43. The van der Waals surface area contributed by atoms with E-state index in [2.05, 4.69) is 15.5 Å². The summed E-state index contributed by atoms with van der Waals surface area (Å²) in [5.41, 5.74) is 1.49. The first kappa shape index (κ1) is 25.9. The third-order valence-corrected chi connectivity index (χ3v) is 6.60. The van der Waals surface area contributed by atoms with Gasteiger partial charge in [0.15, 0.2) is 0 Å². The number of carbonyl (C=O) groups is 2. The van der Waals surface area contributed by atoms with E-state index in [4.69, 9.17) is 9.47 Å². The molecule has 0 bridgehead atoms. The molecule has 2 saturated heterocycles. The standard InChI is InChI=1S/C27H36N4O5/c32-25-7-4-12-31(27(34)28-19-21-5-2-1-3-6-21)20-24(25)29-26(33)22-8-10-23(11-9-22)36-18-15-30-13-16-35-17-14-30/h1-3,5-6,8-11,24-25,32H,4,7,12-20H2,(H,28,34)(H,29,33)/t24-,25-/m1/s1. The first-order valence-electron chi connectivity index (χ1n) is 12.7. The van der Waals surface area contributed by atoms with E-state index in [0.29, 0.717) is 43.9 Å². The number of hydrogen-bond donors (Lipinski definition) is 3. The molecule has 0 aromatic heterocycles. The Morgan fingerprint density at radius 2 is 1.78 bits per heavy atom. The van der Waals surface area contributed by atoms with Gasteiger partial charge in [-0.1, -0.05) is 30.3 Å². The SMILES string of the molecule is O=C(N[C@@H]1CN(C(=O)NCc2ccccc2)CCC[C@H]1O)c1ccc(OCCN2CCOCC2)cc1. The van der Waals surface area contributed by atoms with Crippen LogP contribution >= 0.6 is 0 Å². The van der Waals surface area contributed by atoms with Gasteiger partial charge in [-0.15, -0.1) is 0 Å². The molecule has 2 atom stereocenters. The van der Waals surface area contributed by atoms with Crippen molar-refractivity contribution in [2.75, 3.05) is 52.5 Å². The van der Waals surface area contributed by atoms with Crippen molar-refractivity contribution in [2.45, 2.75) is 31.5 Å². The maximum atomic E-state index is 12.9. The van der Waals surface area contributed by atoms with Crippen molar-refractivity contribution in [1.82, 2.24) is 20.4 Å². The summed E-state index contributed by atoms with van der Waals surface area (Å²) >= 11 is 0. The van der Waals surface area contributed by atoms with E-state index in [0.717, 1.165) is 38.4 Å². The quantitative estimate of drug-likeness (QED) is 0.516. The topological polar surface area (TPSA) is 103 Å². The number of nitrogens with zero attached hydrogens (tertiary/aromatic N) is 2. The van der Waals surface area contributed by atoms with Gasteiger partial charge in [0.25, 0.3) is 5.91 Å². The predicted molar refractivity (Wildman–Crippen MR) is 136 cm³/mol. The molecule has 3 amide bonds. The summed E-state index contributed by atoms with van der Waals surface area (Å²) in [4.78, 5) is 29.6. The summed E-state index contributed by atoms with van der Waals surface area (Å²) in [6.45, 7) is 5.96. The summed E-state index contributed by atoms with van der Waals surface area (Å²) in [7, 11) is 0. The zero-order valence-corrected chi connectivity index (χ0v) is 20.6. The molecule has 0 spiro atoms. The van der Waals surface area contributed by atoms with Crippen molar-refractivity contribution < 1.29 is 24.2 Å². The Kier molecular flexibility index (Phi) is 9.54. The van der Waals surface area contributed by atoms with E-state index in [1.165, 1.54) is 0 Å². The number of aliphatic hydroxyl groups excluding tert-OH is 1. The summed E-state index contributed by atoms with van der Waals surface area (Å²) in [5, 5.41) is 16.4. The molecule has 2 aliphatic rings. The van der Waals surface area contributed by atoms with Crippen LogP contribution in [-0.2, 0) is 11.3 Å². The third-order valence-electron chi connectivity index (χ3n) is 6.60. The second-order valence-corrected chi connectivity index (χ2v) is 9.21. The van der Waals surface area contributed by atoms with Crippen molar-refractivity contribution in [3.05, 3.63) is 65.7 Å². The van der Waals surface area contributed by atoms with Gasteiger partial charge < -0.3 is 30.1 Å². The zero-order valence-electron chi connectivity index (χ0n) is 20.6. The smallest absolute Gasteiger partial charge is 0.317 e. The summed E-state index contributed by atoms with van der Waals surface area (Å²) < 4.78 is 11.2. The number of nitrogens with one attached hydrogen (secondary N) is 2. The van der Waals surface area contributed by atoms with E-state index in [-0.39, 0.29) is 18.5 Å². The lowest BCUT2D eigenvalue weighted by Crippen LogP contribution is -2.51. The highest BCUT2D eigenvalue weighted by Gasteiger charge is 2.29. The fourth-order valence-corrected chi connectivity index (χ4v) is 4.43. The number of amides is 3. The number of rotatable bonds is 8. The van der Waals surface area contributed by atoms with Crippen LogP contribution < -0.4 is 15.4 Å². The average Bonchev–Trinajstić information content (AvgIpc) is 3.10. The largest absolute Gasteiger partial charge is 0.492 e. The molecule has 4 rings (SSSR count). The van der Waals surface area contributed by atoms with E-state index < -0.39 is 12.1 Å². The highest BCUT2D eigenvalue weighted by Crippen LogP contribution is 2.15. The van der Waals surface area contributed by atoms with E-state index >= 15 is 0 Å². The maximum absolute atomic E-state index is 12.9. The van der Waals surface area contributed by atoms with Crippen LogP contribution in [0.15, 0.2) is 54.6 Å². The van der Waals surface area contributed by atoms with Gasteiger partial charge in [0.05, 0.1) is 25.4 Å². The first-order chi connectivity index (χ1) is 17.6. The highest BCUT2D eigenvalue weighted by atomic mass is 16.5. The lowest BCUT2D eigenvalue weighted by molar-refractivity contribution is 0.0322. The molecule has 36 heavy (non-hydrogen) atoms. The van der Waals surface area contributed by atoms with Gasteiger partial charge in [-0.25, -0.2) is 4.79 Å². The van der Waals surface area contributed by atoms with Crippen LogP contribution in [0.25, 0.3) is 0 Å². The van der Waals surface area contributed by atoms with E-state index in [1.807, 2.05) is 30.3 Å². The Bertz CT molecular complexity index is 966. The Hall–Kier alpha value is -3.14. The van der Waals surface area contributed by atoms with Crippen molar-refractivity contribution in [3.8, 4) is 5.75 Å². The molecule has 9 nitrogen and oxygen atoms in total. The van der Waals surface area contributed by atoms with Gasteiger partial charge >= 0.3 is 6.03 Å². The molecule has 2 heterocycles. The molecule has 2 aliphatic heterocycles. The molecule has 0 aliphatic carbocycles. The molecule has 3 N–H and O–H groups in total. The Morgan fingerprint density at radius 1 is 1.03 bits per heavy atom. The number of benzene rings is 2. The molecular formula is C27H36N4O5. The molecule has 0 saturated carbocycles. The van der Waals surface area contributed by atoms with Crippen LogP contribution in [0.5, 0.6) is 5.75 Å². The number of urea groups is 1. The van der Waals surface area contributed by atoms with Gasteiger partial charge in [-0.05, 0) is 42.7 Å². The zero-order chi connectivity index (χ0) is 25.2. The Labute approximate surface area is 212 Å². The van der Waals surface area contributed by atoms with E-state index in [1.54, 1.807) is 29.2 Å². The monoisotopic (exact) mass is 496 g/mol. The number of likely N-dealkylation sites (tertiary alicyclic amines) is 1. The number of carbonyl (C=O) groups excluding carboxylic acids is 2. The molecule has 2 fully saturated rings. The van der Waals surface area contributed by atoms with Crippen molar-refractivity contribution >= 4 is 11.9 Å². The number of hydrogen-bond acceptors (Lipinski definition) is 6. The van der Waals surface area contributed by atoms with Crippen molar-refractivity contribution in [1.29, 1.82) is 0 Å². The molecular weight excluding hydrogens is 460 g/mol.